The topological polar surface area (TPSA) is 152 Å². The molecule has 0 saturated carbocycles. The van der Waals surface area contributed by atoms with Crippen LogP contribution in [0, 0.1) is 0 Å². The lowest BCUT2D eigenvalue weighted by atomic mass is 9.94. The maximum atomic E-state index is 12.3. The number of carbonyl (C=O) groups excluding carboxylic acids is 2. The van der Waals surface area contributed by atoms with Crippen LogP contribution in [0.25, 0.3) is 11.0 Å². The minimum absolute atomic E-state index is 0.118. The van der Waals surface area contributed by atoms with E-state index in [0.29, 0.717) is 13.0 Å². The van der Waals surface area contributed by atoms with Gasteiger partial charge in [0.1, 0.15) is 16.0 Å². The van der Waals surface area contributed by atoms with Crippen molar-refractivity contribution in [2.75, 3.05) is 17.2 Å². The summed E-state index contributed by atoms with van der Waals surface area (Å²) >= 11 is 0. The number of halogens is 1. The summed E-state index contributed by atoms with van der Waals surface area (Å²) in [7, 11) is 1.41. The van der Waals surface area contributed by atoms with Crippen molar-refractivity contribution in [3.05, 3.63) is 12.3 Å². The Morgan fingerprint density at radius 2 is 1.85 bits per heavy atom. The number of unbranched alkanes of at least 4 members (excludes halogenated alkanes) is 1. The van der Waals surface area contributed by atoms with E-state index < -0.39 is 26.3 Å². The number of nitrogens with zero attached hydrogens (tertiary/aromatic N) is 3. The van der Waals surface area contributed by atoms with Crippen molar-refractivity contribution >= 4 is 54.5 Å². The molecule has 0 spiro atoms. The molecular weight excluding hydrogens is 484 g/mol. The summed E-state index contributed by atoms with van der Waals surface area (Å²) in [6.07, 6.45) is 2.83. The van der Waals surface area contributed by atoms with Gasteiger partial charge in [0.25, 0.3) is 9.05 Å². The van der Waals surface area contributed by atoms with Gasteiger partial charge in [-0.3, -0.25) is 10.1 Å². The number of fused-ring (bicyclic) bond motifs is 1. The van der Waals surface area contributed by atoms with Gasteiger partial charge in [-0.05, 0) is 40.2 Å². The van der Waals surface area contributed by atoms with Crippen LogP contribution in [0.5, 0.6) is 0 Å². The highest BCUT2D eigenvalue weighted by atomic mass is 35.7. The molecule has 0 aliphatic heterocycles. The fourth-order valence-corrected chi connectivity index (χ4v) is 3.72. The fraction of sp³-hybridized carbons (Fsp3) is 0.571. The van der Waals surface area contributed by atoms with Crippen molar-refractivity contribution in [2.45, 2.75) is 76.8 Å². The Labute approximate surface area is 203 Å². The molecule has 0 radical (unpaired) electrons. The van der Waals surface area contributed by atoms with Gasteiger partial charge in [0.05, 0.1) is 11.1 Å². The van der Waals surface area contributed by atoms with Crippen LogP contribution in [0.15, 0.2) is 17.2 Å². The molecule has 2 rings (SSSR count). The molecule has 2 aromatic heterocycles. The molecule has 0 bridgehead atoms. The lowest BCUT2D eigenvalue weighted by Gasteiger charge is -2.32. The molecule has 0 saturated heterocycles. The van der Waals surface area contributed by atoms with E-state index in [1.807, 2.05) is 6.92 Å². The van der Waals surface area contributed by atoms with Crippen molar-refractivity contribution < 1.29 is 22.7 Å². The average molecular weight is 515 g/mol. The maximum absolute atomic E-state index is 12.3. The predicted molar refractivity (Wildman–Crippen MR) is 130 cm³/mol. The van der Waals surface area contributed by atoms with Gasteiger partial charge < -0.3 is 15.4 Å². The Morgan fingerprint density at radius 3 is 2.41 bits per heavy atom. The summed E-state index contributed by atoms with van der Waals surface area (Å²) in [6, 6.07) is 1.25. The minimum Gasteiger partial charge on any atom is -0.444 e. The van der Waals surface area contributed by atoms with Crippen LogP contribution in [-0.4, -0.2) is 53.1 Å². The van der Waals surface area contributed by atoms with E-state index in [1.165, 1.54) is 13.0 Å². The van der Waals surface area contributed by atoms with E-state index in [9.17, 15) is 18.0 Å². The molecule has 0 unspecified atom stereocenters. The smallest absolute Gasteiger partial charge is 0.414 e. The first-order chi connectivity index (χ1) is 15.6. The number of aromatic nitrogens is 3. The summed E-state index contributed by atoms with van der Waals surface area (Å²) in [6.45, 7) is 10.8. The van der Waals surface area contributed by atoms with Crippen LogP contribution in [-0.2, 0) is 18.6 Å². The zero-order valence-electron chi connectivity index (χ0n) is 20.2. The molecule has 3 N–H and O–H groups in total. The average Bonchev–Trinajstić information content (AvgIpc) is 2.68. The normalized spacial score (nSPS) is 13.7. The third-order valence-corrected chi connectivity index (χ3v) is 5.96. The van der Waals surface area contributed by atoms with Crippen molar-refractivity contribution in [1.29, 1.82) is 0 Å². The van der Waals surface area contributed by atoms with Crippen LogP contribution in [0.3, 0.4) is 0 Å². The number of amides is 2. The van der Waals surface area contributed by atoms with Gasteiger partial charge in [-0.25, -0.2) is 23.2 Å². The number of rotatable bonds is 9. The first-order valence-electron chi connectivity index (χ1n) is 10.8. The number of carbonyl (C=O) groups is 2. The Kier molecular flexibility index (Phi) is 8.65. The van der Waals surface area contributed by atoms with Gasteiger partial charge in [0, 0.05) is 30.3 Å². The zero-order valence-corrected chi connectivity index (χ0v) is 21.7. The highest BCUT2D eigenvalue weighted by molar-refractivity contribution is 8.13. The highest BCUT2D eigenvalue weighted by Crippen LogP contribution is 2.28. The Hall–Kier alpha value is -2.73. The summed E-state index contributed by atoms with van der Waals surface area (Å²) in [5.41, 5.74) is -0.960. The lowest BCUT2D eigenvalue weighted by molar-refractivity contribution is -0.119. The number of nitrogens with one attached hydrogen (secondary N) is 3. The van der Waals surface area contributed by atoms with E-state index in [4.69, 9.17) is 15.4 Å². The SMILES string of the molecule is CCCC[C@](C)(CNC(C)=O)Nc1nc(NC(=O)OC(C)(C)C)nc2cc(S(=O)(=O)Cl)cnc12. The quantitative estimate of drug-likeness (QED) is 0.424. The molecule has 1 atom stereocenters. The van der Waals surface area contributed by atoms with Crippen LogP contribution >= 0.6 is 10.7 Å². The molecule has 0 fully saturated rings. The molecule has 2 amide bonds. The molecule has 2 heterocycles. The molecule has 0 aliphatic rings. The number of anilines is 2. The summed E-state index contributed by atoms with van der Waals surface area (Å²) in [5, 5.41) is 8.58. The summed E-state index contributed by atoms with van der Waals surface area (Å²) in [5.74, 6) is -0.0505. The molecule has 0 aliphatic carbocycles. The van der Waals surface area contributed by atoms with E-state index in [2.05, 4.69) is 37.8 Å². The second-order valence-corrected chi connectivity index (χ2v) is 11.8. The third-order valence-electron chi connectivity index (χ3n) is 4.63. The van der Waals surface area contributed by atoms with Gasteiger partial charge >= 0.3 is 6.09 Å². The van der Waals surface area contributed by atoms with E-state index in [0.717, 1.165) is 19.0 Å². The fourth-order valence-electron chi connectivity index (χ4n) is 3.04. The predicted octanol–water partition coefficient (Wildman–Crippen LogP) is 3.80. The van der Waals surface area contributed by atoms with Crippen LogP contribution < -0.4 is 16.0 Å². The van der Waals surface area contributed by atoms with Crippen molar-refractivity contribution in [2.24, 2.45) is 0 Å². The van der Waals surface area contributed by atoms with Crippen molar-refractivity contribution in [3.63, 3.8) is 0 Å². The van der Waals surface area contributed by atoms with E-state index >= 15 is 0 Å². The summed E-state index contributed by atoms with van der Waals surface area (Å²) < 4.78 is 28.9. The van der Waals surface area contributed by atoms with E-state index in [-0.39, 0.29) is 33.6 Å². The number of hydrogen-bond donors (Lipinski definition) is 3. The molecule has 188 valence electrons. The van der Waals surface area contributed by atoms with Gasteiger partial charge in [-0.15, -0.1) is 0 Å². The first kappa shape index (κ1) is 27.5. The second-order valence-electron chi connectivity index (χ2n) is 9.20. The van der Waals surface area contributed by atoms with Gasteiger partial charge in [0.2, 0.25) is 11.9 Å². The molecule has 13 heteroatoms. The molecule has 0 aromatic carbocycles. The number of ether oxygens (including phenoxy) is 1. The molecule has 2 aromatic rings. The van der Waals surface area contributed by atoms with E-state index in [1.54, 1.807) is 20.8 Å². The Balaban J connectivity index is 2.57. The first-order valence-corrected chi connectivity index (χ1v) is 13.1. The van der Waals surface area contributed by atoms with Crippen LogP contribution in [0.2, 0.25) is 0 Å². The molecular formula is C21H31ClN6O5S. The Bertz CT molecular complexity index is 1170. The van der Waals surface area contributed by atoms with Crippen LogP contribution in [0.4, 0.5) is 16.6 Å². The highest BCUT2D eigenvalue weighted by Gasteiger charge is 2.27. The summed E-state index contributed by atoms with van der Waals surface area (Å²) in [4.78, 5) is 36.4. The van der Waals surface area contributed by atoms with Gasteiger partial charge in [0.15, 0.2) is 5.82 Å². The zero-order chi connectivity index (χ0) is 25.7. The number of pyridine rings is 1. The molecule has 34 heavy (non-hydrogen) atoms. The monoisotopic (exact) mass is 514 g/mol. The third kappa shape index (κ3) is 8.24. The lowest BCUT2D eigenvalue weighted by Crippen LogP contribution is -2.46. The Morgan fingerprint density at radius 1 is 1.18 bits per heavy atom. The molecule has 11 nitrogen and oxygen atoms in total. The van der Waals surface area contributed by atoms with Crippen molar-refractivity contribution in [1.82, 2.24) is 20.3 Å². The van der Waals surface area contributed by atoms with Crippen molar-refractivity contribution in [3.8, 4) is 0 Å². The largest absolute Gasteiger partial charge is 0.444 e. The minimum atomic E-state index is -4.06. The number of hydrogen-bond acceptors (Lipinski definition) is 9. The standard InChI is InChI=1S/C21H31ClN6O5S/c1-7-8-9-21(6,12-24-13(2)29)28-17-16-15(10-14(11-23-16)34(22,31)32)25-18(26-17)27-19(30)33-20(3,4)5/h10-11H,7-9,12H2,1-6H3,(H,24,29)(H2,25,26,27,28,30)/t21-/m1/s1. The van der Waals surface area contributed by atoms with Gasteiger partial charge in [-0.1, -0.05) is 19.8 Å². The maximum Gasteiger partial charge on any atom is 0.414 e. The van der Waals surface area contributed by atoms with Gasteiger partial charge in [-0.2, -0.15) is 4.98 Å². The second kappa shape index (κ2) is 10.7. The van der Waals surface area contributed by atoms with Crippen LogP contribution in [0.1, 0.15) is 60.8 Å².